The van der Waals surface area contributed by atoms with Crippen molar-refractivity contribution < 1.29 is 19.1 Å². The molecule has 0 aromatic heterocycles. The van der Waals surface area contributed by atoms with Crippen LogP contribution in [0.1, 0.15) is 60.2 Å². The van der Waals surface area contributed by atoms with Crippen LogP contribution < -0.4 is 19.3 Å². The summed E-state index contributed by atoms with van der Waals surface area (Å²) in [5.74, 6) is 1.21. The van der Waals surface area contributed by atoms with Crippen molar-refractivity contribution in [1.29, 1.82) is 0 Å². The molecule has 0 aliphatic carbocycles. The van der Waals surface area contributed by atoms with Gasteiger partial charge in [-0.05, 0) is 79.6 Å². The molecule has 2 amide bonds. The van der Waals surface area contributed by atoms with Crippen molar-refractivity contribution in [2.75, 3.05) is 37.1 Å². The monoisotopic (exact) mass is 488 g/mol. The van der Waals surface area contributed by atoms with Gasteiger partial charge in [0.05, 0.1) is 14.2 Å². The SMILES string of the molecule is CCCCN(C(=O)c1cccc(C(=O)N(CCCC)c2ccc(OC)cc2)c1)c1ccc(OC)cc1. The molecule has 0 saturated heterocycles. The third-order valence-corrected chi connectivity index (χ3v) is 6.09. The molecule has 0 heterocycles. The van der Waals surface area contributed by atoms with E-state index in [1.54, 1.807) is 48.3 Å². The van der Waals surface area contributed by atoms with E-state index in [9.17, 15) is 9.59 Å². The molecule has 3 aromatic carbocycles. The van der Waals surface area contributed by atoms with Crippen molar-refractivity contribution in [3.63, 3.8) is 0 Å². The molecule has 6 nitrogen and oxygen atoms in total. The minimum atomic E-state index is -0.132. The molecule has 0 radical (unpaired) electrons. The second-order valence-corrected chi connectivity index (χ2v) is 8.60. The van der Waals surface area contributed by atoms with Crippen LogP contribution >= 0.6 is 0 Å². The molecule has 0 saturated carbocycles. The Bertz CT molecular complexity index is 1040. The molecule has 0 N–H and O–H groups in total. The van der Waals surface area contributed by atoms with E-state index in [0.717, 1.165) is 48.6 Å². The van der Waals surface area contributed by atoms with Crippen molar-refractivity contribution in [2.24, 2.45) is 0 Å². The second kappa shape index (κ2) is 13.3. The largest absolute Gasteiger partial charge is 0.497 e. The molecule has 0 unspecified atom stereocenters. The highest BCUT2D eigenvalue weighted by molar-refractivity contribution is 6.10. The number of rotatable bonds is 12. The Hall–Kier alpha value is -3.80. The standard InChI is InChI=1S/C30H36N2O4/c1-5-7-20-31(25-12-16-27(35-3)17-13-25)29(33)23-10-9-11-24(22-23)30(34)32(21-8-6-2)26-14-18-28(36-4)19-15-26/h9-19,22H,5-8,20-21H2,1-4H3. The van der Waals surface area contributed by atoms with E-state index in [1.165, 1.54) is 0 Å². The first-order valence-corrected chi connectivity index (χ1v) is 12.5. The Labute approximate surface area is 214 Å². The van der Waals surface area contributed by atoms with Gasteiger partial charge >= 0.3 is 0 Å². The van der Waals surface area contributed by atoms with Gasteiger partial charge < -0.3 is 19.3 Å². The summed E-state index contributed by atoms with van der Waals surface area (Å²) in [5.41, 5.74) is 2.57. The van der Waals surface area contributed by atoms with Crippen LogP contribution in [0.5, 0.6) is 11.5 Å². The van der Waals surface area contributed by atoms with Crippen LogP contribution in [-0.2, 0) is 0 Å². The number of methoxy groups -OCH3 is 2. The highest BCUT2D eigenvalue weighted by Crippen LogP contribution is 2.24. The number of ether oxygens (including phenoxy) is 2. The quantitative estimate of drug-likeness (QED) is 0.288. The lowest BCUT2D eigenvalue weighted by atomic mass is 10.1. The third-order valence-electron chi connectivity index (χ3n) is 6.09. The van der Waals surface area contributed by atoms with Crippen LogP contribution in [0, 0.1) is 0 Å². The number of anilines is 2. The fourth-order valence-electron chi connectivity index (χ4n) is 3.95. The van der Waals surface area contributed by atoms with Gasteiger partial charge in [-0.2, -0.15) is 0 Å². The van der Waals surface area contributed by atoms with E-state index in [1.807, 2.05) is 48.5 Å². The Kier molecular flexibility index (Phi) is 9.92. The van der Waals surface area contributed by atoms with Gasteiger partial charge in [0.25, 0.3) is 11.8 Å². The minimum absolute atomic E-state index is 0.132. The number of nitrogens with zero attached hydrogens (tertiary/aromatic N) is 2. The van der Waals surface area contributed by atoms with Crippen LogP contribution in [-0.4, -0.2) is 39.1 Å². The lowest BCUT2D eigenvalue weighted by molar-refractivity contribution is 0.0986. The van der Waals surface area contributed by atoms with Crippen LogP contribution in [0.25, 0.3) is 0 Å². The molecule has 0 fully saturated rings. The summed E-state index contributed by atoms with van der Waals surface area (Å²) in [7, 11) is 3.24. The van der Waals surface area contributed by atoms with E-state index in [4.69, 9.17) is 9.47 Å². The first-order valence-electron chi connectivity index (χ1n) is 12.5. The van der Waals surface area contributed by atoms with E-state index < -0.39 is 0 Å². The van der Waals surface area contributed by atoms with Crippen LogP contribution in [0.4, 0.5) is 11.4 Å². The smallest absolute Gasteiger partial charge is 0.258 e. The number of carbonyl (C=O) groups excluding carboxylic acids is 2. The molecule has 0 atom stereocenters. The lowest BCUT2D eigenvalue weighted by Gasteiger charge is -2.25. The maximum absolute atomic E-state index is 13.6. The summed E-state index contributed by atoms with van der Waals surface area (Å²) in [6, 6.07) is 22.0. The van der Waals surface area contributed by atoms with Crippen molar-refractivity contribution in [2.45, 2.75) is 39.5 Å². The zero-order chi connectivity index (χ0) is 25.9. The van der Waals surface area contributed by atoms with Gasteiger partial charge in [0.15, 0.2) is 0 Å². The maximum atomic E-state index is 13.6. The van der Waals surface area contributed by atoms with Crippen molar-refractivity contribution in [3.05, 3.63) is 83.9 Å². The zero-order valence-electron chi connectivity index (χ0n) is 21.7. The van der Waals surface area contributed by atoms with Gasteiger partial charge in [-0.1, -0.05) is 32.8 Å². The topological polar surface area (TPSA) is 59.1 Å². The van der Waals surface area contributed by atoms with E-state index in [-0.39, 0.29) is 11.8 Å². The predicted octanol–water partition coefficient (Wildman–Crippen LogP) is 6.60. The van der Waals surface area contributed by atoms with Crippen LogP contribution in [0.2, 0.25) is 0 Å². The molecule has 0 aliphatic rings. The molecule has 0 aliphatic heterocycles. The Morgan fingerprint density at radius 2 is 1.03 bits per heavy atom. The van der Waals surface area contributed by atoms with Crippen molar-refractivity contribution >= 4 is 23.2 Å². The fraction of sp³-hybridized carbons (Fsp3) is 0.333. The third kappa shape index (κ3) is 6.66. The Balaban J connectivity index is 1.90. The zero-order valence-corrected chi connectivity index (χ0v) is 21.7. The normalized spacial score (nSPS) is 10.6. The van der Waals surface area contributed by atoms with Crippen molar-refractivity contribution in [3.8, 4) is 11.5 Å². The highest BCUT2D eigenvalue weighted by Gasteiger charge is 2.22. The molecule has 0 bridgehead atoms. The number of benzene rings is 3. The van der Waals surface area contributed by atoms with Gasteiger partial charge in [0.1, 0.15) is 11.5 Å². The van der Waals surface area contributed by atoms with Gasteiger partial charge in [-0.25, -0.2) is 0 Å². The van der Waals surface area contributed by atoms with E-state index >= 15 is 0 Å². The highest BCUT2D eigenvalue weighted by atomic mass is 16.5. The van der Waals surface area contributed by atoms with Crippen LogP contribution in [0.15, 0.2) is 72.8 Å². The lowest BCUT2D eigenvalue weighted by Crippen LogP contribution is -2.33. The predicted molar refractivity (Wildman–Crippen MR) is 146 cm³/mol. The number of hydrogen-bond acceptors (Lipinski definition) is 4. The molecular weight excluding hydrogens is 452 g/mol. The van der Waals surface area contributed by atoms with Crippen molar-refractivity contribution in [1.82, 2.24) is 0 Å². The summed E-state index contributed by atoms with van der Waals surface area (Å²) >= 11 is 0. The minimum Gasteiger partial charge on any atom is -0.497 e. The molecular formula is C30H36N2O4. The molecule has 36 heavy (non-hydrogen) atoms. The summed E-state index contributed by atoms with van der Waals surface area (Å²) in [5, 5.41) is 0. The molecule has 6 heteroatoms. The summed E-state index contributed by atoms with van der Waals surface area (Å²) in [4.78, 5) is 30.8. The first-order chi connectivity index (χ1) is 17.5. The maximum Gasteiger partial charge on any atom is 0.258 e. The number of unbranched alkanes of at least 4 members (excludes halogenated alkanes) is 2. The van der Waals surface area contributed by atoms with Gasteiger partial charge in [-0.3, -0.25) is 9.59 Å². The average Bonchev–Trinajstić information content (AvgIpc) is 2.94. The molecule has 3 rings (SSSR count). The van der Waals surface area contributed by atoms with Gasteiger partial charge in [-0.15, -0.1) is 0 Å². The number of hydrogen-bond donors (Lipinski definition) is 0. The first kappa shape index (κ1) is 26.8. The summed E-state index contributed by atoms with van der Waals surface area (Å²) < 4.78 is 10.5. The average molecular weight is 489 g/mol. The molecule has 190 valence electrons. The molecule has 0 spiro atoms. The summed E-state index contributed by atoms with van der Waals surface area (Å²) in [6.45, 7) is 5.38. The van der Waals surface area contributed by atoms with Crippen LogP contribution in [0.3, 0.4) is 0 Å². The fourth-order valence-corrected chi connectivity index (χ4v) is 3.95. The van der Waals surface area contributed by atoms with Gasteiger partial charge in [0, 0.05) is 35.6 Å². The Morgan fingerprint density at radius 3 is 1.36 bits per heavy atom. The number of amides is 2. The Morgan fingerprint density at radius 1 is 0.639 bits per heavy atom. The molecule has 3 aromatic rings. The summed E-state index contributed by atoms with van der Waals surface area (Å²) in [6.07, 6.45) is 3.68. The van der Waals surface area contributed by atoms with E-state index in [0.29, 0.717) is 24.2 Å². The van der Waals surface area contributed by atoms with Gasteiger partial charge in [0.2, 0.25) is 0 Å². The van der Waals surface area contributed by atoms with E-state index in [2.05, 4.69) is 13.8 Å². The second-order valence-electron chi connectivity index (χ2n) is 8.60. The number of carbonyl (C=O) groups is 2.